The van der Waals surface area contributed by atoms with E-state index in [1.807, 2.05) is 0 Å². The van der Waals surface area contributed by atoms with Gasteiger partial charge >= 0.3 is 6.03 Å². The van der Waals surface area contributed by atoms with E-state index in [9.17, 15) is 14.4 Å². The fourth-order valence-corrected chi connectivity index (χ4v) is 2.31. The van der Waals surface area contributed by atoms with E-state index in [0.717, 1.165) is 4.90 Å². The Kier molecular flexibility index (Phi) is 5.84. The first-order chi connectivity index (χ1) is 12.5. The zero-order valence-corrected chi connectivity index (χ0v) is 13.9. The van der Waals surface area contributed by atoms with Crippen molar-refractivity contribution in [1.82, 2.24) is 0 Å². The Hall–Kier alpha value is -3.93. The Labute approximate surface area is 148 Å². The molecular formula is C17H14N4O5. The normalized spacial score (nSPS) is 9.46. The van der Waals surface area contributed by atoms with Gasteiger partial charge < -0.3 is 15.2 Å². The zero-order chi connectivity index (χ0) is 19.1. The van der Waals surface area contributed by atoms with Crippen LogP contribution in [0.5, 0.6) is 11.5 Å². The molecule has 132 valence electrons. The zero-order valence-electron chi connectivity index (χ0n) is 13.9. The number of nitrogens with zero attached hydrogens (tertiary/aromatic N) is 3. The first kappa shape index (κ1) is 18.4. The Morgan fingerprint density at radius 2 is 1.35 bits per heavy atom. The number of carbonyl (C=O) groups excluding carboxylic acids is 3. The van der Waals surface area contributed by atoms with Crippen molar-refractivity contribution in [2.24, 2.45) is 15.7 Å². The van der Waals surface area contributed by atoms with Crippen LogP contribution in [0.1, 0.15) is 0 Å². The lowest BCUT2D eigenvalue weighted by molar-refractivity contribution is 0.256. The van der Waals surface area contributed by atoms with Gasteiger partial charge in [0.15, 0.2) is 0 Å². The van der Waals surface area contributed by atoms with Crippen molar-refractivity contribution in [3.8, 4) is 11.5 Å². The van der Waals surface area contributed by atoms with Crippen molar-refractivity contribution in [2.75, 3.05) is 19.1 Å². The number of rotatable bonds is 6. The largest absolute Gasteiger partial charge is 0.494 e. The van der Waals surface area contributed by atoms with Gasteiger partial charge in [-0.25, -0.2) is 14.4 Å². The Balaban J connectivity index is 2.62. The van der Waals surface area contributed by atoms with Gasteiger partial charge in [0.25, 0.3) is 0 Å². The second kappa shape index (κ2) is 8.25. The number of nitrogens with two attached hydrogens (primary N) is 1. The summed E-state index contributed by atoms with van der Waals surface area (Å²) in [5.41, 5.74) is 6.48. The maximum atomic E-state index is 12.0. The molecule has 2 rings (SSSR count). The van der Waals surface area contributed by atoms with Crippen LogP contribution in [0, 0.1) is 0 Å². The minimum atomic E-state index is -0.803. The van der Waals surface area contributed by atoms with Gasteiger partial charge in [0.2, 0.25) is 12.2 Å². The summed E-state index contributed by atoms with van der Waals surface area (Å²) in [5.74, 6) is 0.644. The van der Waals surface area contributed by atoms with Gasteiger partial charge in [-0.2, -0.15) is 9.98 Å². The van der Waals surface area contributed by atoms with Crippen molar-refractivity contribution in [3.05, 3.63) is 36.4 Å². The Morgan fingerprint density at radius 3 is 1.65 bits per heavy atom. The molecule has 2 aromatic carbocycles. The van der Waals surface area contributed by atoms with E-state index in [0.29, 0.717) is 22.9 Å². The van der Waals surface area contributed by atoms with Crippen LogP contribution in [-0.2, 0) is 9.59 Å². The molecular weight excluding hydrogens is 340 g/mol. The predicted molar refractivity (Wildman–Crippen MR) is 93.3 cm³/mol. The average molecular weight is 354 g/mol. The van der Waals surface area contributed by atoms with Crippen LogP contribution < -0.4 is 20.1 Å². The van der Waals surface area contributed by atoms with Gasteiger partial charge in [-0.15, -0.1) is 0 Å². The number of methoxy groups -OCH3 is 2. The summed E-state index contributed by atoms with van der Waals surface area (Å²) >= 11 is 0. The molecule has 2 N–H and O–H groups in total. The van der Waals surface area contributed by atoms with Crippen LogP contribution in [0.25, 0.3) is 0 Å². The van der Waals surface area contributed by atoms with Crippen molar-refractivity contribution in [2.45, 2.75) is 0 Å². The average Bonchev–Trinajstić information content (AvgIpc) is 2.63. The van der Waals surface area contributed by atoms with Gasteiger partial charge in [0, 0.05) is 0 Å². The molecule has 0 bridgehead atoms. The Bertz CT molecular complexity index is 861. The number of isocyanates is 2. The summed E-state index contributed by atoms with van der Waals surface area (Å²) in [6.45, 7) is 0. The van der Waals surface area contributed by atoms with Crippen molar-refractivity contribution >= 4 is 40.9 Å². The number of ether oxygens (including phenoxy) is 2. The second-order valence-corrected chi connectivity index (χ2v) is 4.79. The van der Waals surface area contributed by atoms with E-state index in [-0.39, 0.29) is 11.4 Å². The molecule has 9 heteroatoms. The first-order valence-electron chi connectivity index (χ1n) is 7.17. The van der Waals surface area contributed by atoms with Gasteiger partial charge in [-0.1, -0.05) is 0 Å². The lowest BCUT2D eigenvalue weighted by Crippen LogP contribution is -2.31. The van der Waals surface area contributed by atoms with E-state index in [2.05, 4.69) is 9.98 Å². The maximum absolute atomic E-state index is 12.0. The topological polar surface area (TPSA) is 124 Å². The fourth-order valence-electron chi connectivity index (χ4n) is 2.31. The highest BCUT2D eigenvalue weighted by atomic mass is 16.5. The highest BCUT2D eigenvalue weighted by Crippen LogP contribution is 2.37. The number of anilines is 2. The third kappa shape index (κ3) is 3.76. The first-order valence-corrected chi connectivity index (χ1v) is 7.17. The van der Waals surface area contributed by atoms with Crippen LogP contribution in [-0.4, -0.2) is 32.4 Å². The van der Waals surface area contributed by atoms with Crippen LogP contribution in [0.3, 0.4) is 0 Å². The molecule has 9 nitrogen and oxygen atoms in total. The van der Waals surface area contributed by atoms with Crippen LogP contribution in [0.15, 0.2) is 46.4 Å². The molecule has 0 aliphatic rings. The predicted octanol–water partition coefficient (Wildman–Crippen LogP) is 2.86. The highest BCUT2D eigenvalue weighted by molar-refractivity contribution is 5.99. The van der Waals surface area contributed by atoms with Gasteiger partial charge in [0.05, 0.1) is 25.6 Å². The number of aliphatic imine (C=N–C) groups is 2. The molecule has 0 aliphatic carbocycles. The number of amides is 2. The minimum Gasteiger partial charge on any atom is -0.494 e. The summed E-state index contributed by atoms with van der Waals surface area (Å²) in [6.07, 6.45) is 2.84. The van der Waals surface area contributed by atoms with Gasteiger partial charge in [0.1, 0.15) is 22.9 Å². The minimum absolute atomic E-state index is 0.172. The van der Waals surface area contributed by atoms with Gasteiger partial charge in [-0.05, 0) is 36.4 Å². The molecule has 0 aromatic heterocycles. The standard InChI is InChI=1S/C17H14N4O5/c1-25-15-5-3-11(7-13(15)19-9-22)21(17(18)24)12-4-6-16(26-2)14(8-12)20-10-23/h3-8H,1-2H3,(H2,18,24). The summed E-state index contributed by atoms with van der Waals surface area (Å²) < 4.78 is 10.2. The molecule has 0 saturated carbocycles. The highest BCUT2D eigenvalue weighted by Gasteiger charge is 2.18. The number of benzene rings is 2. The van der Waals surface area contributed by atoms with E-state index < -0.39 is 6.03 Å². The SMILES string of the molecule is COc1ccc(N(C(N)=O)c2ccc(OC)c(N=C=O)c2)cc1N=C=O. The molecule has 2 amide bonds. The third-order valence-corrected chi connectivity index (χ3v) is 3.39. The summed E-state index contributed by atoms with van der Waals surface area (Å²) in [5, 5.41) is 0. The molecule has 0 radical (unpaired) electrons. The van der Waals surface area contributed by atoms with Crippen molar-refractivity contribution in [3.63, 3.8) is 0 Å². The molecule has 0 spiro atoms. The monoisotopic (exact) mass is 354 g/mol. The van der Waals surface area contributed by atoms with E-state index in [1.54, 1.807) is 12.1 Å². The molecule has 2 aromatic rings. The Morgan fingerprint density at radius 1 is 0.923 bits per heavy atom. The number of primary amides is 1. The number of urea groups is 1. The summed E-state index contributed by atoms with van der Waals surface area (Å²) in [7, 11) is 2.83. The molecule has 0 atom stereocenters. The third-order valence-electron chi connectivity index (χ3n) is 3.39. The number of hydrogen-bond acceptors (Lipinski definition) is 7. The maximum Gasteiger partial charge on any atom is 0.323 e. The smallest absolute Gasteiger partial charge is 0.323 e. The van der Waals surface area contributed by atoms with Crippen molar-refractivity contribution in [1.29, 1.82) is 0 Å². The second-order valence-electron chi connectivity index (χ2n) is 4.79. The summed E-state index contributed by atoms with van der Waals surface area (Å²) in [6, 6.07) is 8.22. The van der Waals surface area contributed by atoms with Crippen LogP contribution in [0.2, 0.25) is 0 Å². The van der Waals surface area contributed by atoms with E-state index in [4.69, 9.17) is 15.2 Å². The van der Waals surface area contributed by atoms with Gasteiger partial charge in [-0.3, -0.25) is 4.90 Å². The molecule has 0 unspecified atom stereocenters. The lowest BCUT2D eigenvalue weighted by atomic mass is 10.2. The molecule has 0 aliphatic heterocycles. The number of carbonyl (C=O) groups is 1. The lowest BCUT2D eigenvalue weighted by Gasteiger charge is -2.22. The quantitative estimate of drug-likeness (QED) is 0.631. The molecule has 0 saturated heterocycles. The van der Waals surface area contributed by atoms with E-state index >= 15 is 0 Å². The molecule has 0 fully saturated rings. The fraction of sp³-hybridized carbons (Fsp3) is 0.118. The van der Waals surface area contributed by atoms with Crippen LogP contribution >= 0.6 is 0 Å². The van der Waals surface area contributed by atoms with Crippen molar-refractivity contribution < 1.29 is 23.9 Å². The number of hydrogen-bond donors (Lipinski definition) is 1. The summed E-state index contributed by atoms with van der Waals surface area (Å²) in [4.78, 5) is 41.5. The molecule has 26 heavy (non-hydrogen) atoms. The van der Waals surface area contributed by atoms with E-state index in [1.165, 1.54) is 50.6 Å². The molecule has 0 heterocycles. The van der Waals surface area contributed by atoms with Crippen LogP contribution in [0.4, 0.5) is 27.5 Å².